The topological polar surface area (TPSA) is 163 Å². The number of hydrogen-bond acceptors (Lipinski definition) is 6. The normalized spacial score (nSPS) is 12.0. The molecular formula is C34H36F5N5O7. The van der Waals surface area contributed by atoms with Crippen molar-refractivity contribution in [3.05, 3.63) is 94.4 Å². The SMILES string of the molecule is CC(=O)Nc1cccc(C(CN(C(=O)O)C(C)(C)C)NC(=O)c2c(C)nc3c(OCc4c(F)cccc4F)cc(C)cn23)c1.O=C(O)C(F)(F)F. The molecule has 4 aromatic rings. The Hall–Kier alpha value is -5.74. The summed E-state index contributed by atoms with van der Waals surface area (Å²) in [5.74, 6) is -4.84. The van der Waals surface area contributed by atoms with Crippen LogP contribution in [0.15, 0.2) is 54.7 Å². The standard InChI is InChI=1S/C32H35F2N5O5.C2HF3O2/c1-18-13-27(44-17-23-24(33)11-8-12-25(23)34)29-35-19(2)28(38(29)15-18)30(41)37-26(16-39(31(42)43)32(4,5)6)21-9-7-10-22(14-21)36-20(3)40;3-2(4,5)1(6)7/h7-15,26H,16-17H2,1-6H3,(H,36,40)(H,37,41)(H,42,43);(H,6,7). The maximum Gasteiger partial charge on any atom is 0.490 e. The predicted molar refractivity (Wildman–Crippen MR) is 174 cm³/mol. The van der Waals surface area contributed by atoms with Gasteiger partial charge in [-0.3, -0.25) is 14.0 Å². The molecule has 0 bridgehead atoms. The fraction of sp³-hybridized carbons (Fsp3) is 0.324. The van der Waals surface area contributed by atoms with Gasteiger partial charge in [-0.1, -0.05) is 18.2 Å². The van der Waals surface area contributed by atoms with E-state index in [1.54, 1.807) is 71.1 Å². The van der Waals surface area contributed by atoms with E-state index in [-0.39, 0.29) is 35.1 Å². The molecule has 2 aromatic heterocycles. The third-order valence-corrected chi connectivity index (χ3v) is 7.21. The first-order valence-corrected chi connectivity index (χ1v) is 15.1. The van der Waals surface area contributed by atoms with Crippen LogP contribution >= 0.6 is 0 Å². The quantitative estimate of drug-likeness (QED) is 0.140. The lowest BCUT2D eigenvalue weighted by atomic mass is 10.0. The van der Waals surface area contributed by atoms with Crippen molar-refractivity contribution in [3.8, 4) is 5.75 Å². The maximum absolute atomic E-state index is 14.2. The van der Waals surface area contributed by atoms with Crippen molar-refractivity contribution in [3.63, 3.8) is 0 Å². The van der Waals surface area contributed by atoms with E-state index in [1.165, 1.54) is 22.3 Å². The average Bonchev–Trinajstić information content (AvgIpc) is 3.33. The molecule has 0 spiro atoms. The molecule has 1 atom stereocenters. The van der Waals surface area contributed by atoms with Crippen LogP contribution in [-0.2, 0) is 16.2 Å². The maximum atomic E-state index is 14.2. The van der Waals surface area contributed by atoms with Gasteiger partial charge in [0.15, 0.2) is 11.4 Å². The predicted octanol–water partition coefficient (Wildman–Crippen LogP) is 6.65. The van der Waals surface area contributed by atoms with E-state index in [0.29, 0.717) is 22.5 Å². The number of halogens is 5. The van der Waals surface area contributed by atoms with Gasteiger partial charge in [-0.15, -0.1) is 0 Å². The number of pyridine rings is 1. The number of aryl methyl sites for hydroxylation is 2. The van der Waals surface area contributed by atoms with E-state index >= 15 is 0 Å². The number of benzene rings is 2. The summed E-state index contributed by atoms with van der Waals surface area (Å²) in [4.78, 5) is 52.5. The molecule has 0 aliphatic carbocycles. The summed E-state index contributed by atoms with van der Waals surface area (Å²) >= 11 is 0. The van der Waals surface area contributed by atoms with Crippen LogP contribution in [-0.4, -0.2) is 66.6 Å². The number of anilines is 1. The number of hydrogen-bond donors (Lipinski definition) is 4. The third kappa shape index (κ3) is 10.4. The molecule has 0 fully saturated rings. The number of nitrogens with one attached hydrogen (secondary N) is 2. The molecule has 0 radical (unpaired) electrons. The van der Waals surface area contributed by atoms with Gasteiger partial charge in [0.05, 0.1) is 17.3 Å². The number of carboxylic acid groups (broad SMARTS) is 2. The molecule has 4 N–H and O–H groups in total. The van der Waals surface area contributed by atoms with E-state index < -0.39 is 54.0 Å². The van der Waals surface area contributed by atoms with Crippen molar-refractivity contribution < 1.29 is 56.1 Å². The molecule has 17 heteroatoms. The minimum atomic E-state index is -5.08. The summed E-state index contributed by atoms with van der Waals surface area (Å²) in [7, 11) is 0. The highest BCUT2D eigenvalue weighted by molar-refractivity contribution is 5.95. The second-order valence-electron chi connectivity index (χ2n) is 12.3. The lowest BCUT2D eigenvalue weighted by Gasteiger charge is -2.36. The highest BCUT2D eigenvalue weighted by atomic mass is 19.4. The van der Waals surface area contributed by atoms with Gasteiger partial charge in [0.1, 0.15) is 23.9 Å². The molecule has 0 saturated heterocycles. The van der Waals surface area contributed by atoms with Crippen molar-refractivity contribution in [1.82, 2.24) is 19.6 Å². The molecule has 3 amide bonds. The van der Waals surface area contributed by atoms with Gasteiger partial charge >= 0.3 is 18.2 Å². The van der Waals surface area contributed by atoms with Crippen molar-refractivity contribution in [1.29, 1.82) is 0 Å². The number of imidazole rings is 1. The first-order chi connectivity index (χ1) is 23.6. The Morgan fingerprint density at radius 2 is 1.57 bits per heavy atom. The minimum Gasteiger partial charge on any atom is -0.485 e. The van der Waals surface area contributed by atoms with Gasteiger partial charge in [0.25, 0.3) is 5.91 Å². The molecule has 2 heterocycles. The van der Waals surface area contributed by atoms with Crippen molar-refractivity contribution in [2.45, 2.75) is 65.9 Å². The monoisotopic (exact) mass is 721 g/mol. The second kappa shape index (κ2) is 15.9. The number of carboxylic acids is 1. The highest BCUT2D eigenvalue weighted by Gasteiger charge is 2.38. The fourth-order valence-electron chi connectivity index (χ4n) is 4.88. The number of alkyl halides is 3. The number of ether oxygens (including phenoxy) is 1. The van der Waals surface area contributed by atoms with E-state index in [2.05, 4.69) is 15.6 Å². The molecular weight excluding hydrogens is 685 g/mol. The van der Waals surface area contributed by atoms with Crippen LogP contribution in [0.4, 0.5) is 32.4 Å². The van der Waals surface area contributed by atoms with Gasteiger partial charge in [0, 0.05) is 30.9 Å². The number of nitrogens with zero attached hydrogens (tertiary/aromatic N) is 3. The van der Waals surface area contributed by atoms with Crippen molar-refractivity contribution >= 4 is 35.2 Å². The molecule has 51 heavy (non-hydrogen) atoms. The van der Waals surface area contributed by atoms with Crippen molar-refractivity contribution in [2.75, 3.05) is 11.9 Å². The van der Waals surface area contributed by atoms with Gasteiger partial charge in [-0.2, -0.15) is 13.2 Å². The summed E-state index contributed by atoms with van der Waals surface area (Å²) in [6, 6.07) is 11.2. The fourth-order valence-corrected chi connectivity index (χ4v) is 4.88. The lowest BCUT2D eigenvalue weighted by molar-refractivity contribution is -0.192. The van der Waals surface area contributed by atoms with Gasteiger partial charge in [-0.05, 0) is 76.1 Å². The van der Waals surface area contributed by atoms with Crippen LogP contribution in [0, 0.1) is 25.5 Å². The lowest BCUT2D eigenvalue weighted by Crippen LogP contribution is -2.49. The summed E-state index contributed by atoms with van der Waals surface area (Å²) in [5.41, 5.74) is 1.51. The number of aromatic nitrogens is 2. The van der Waals surface area contributed by atoms with Crippen molar-refractivity contribution in [2.24, 2.45) is 0 Å². The van der Waals surface area contributed by atoms with E-state index in [4.69, 9.17) is 14.6 Å². The second-order valence-corrected chi connectivity index (χ2v) is 12.3. The summed E-state index contributed by atoms with van der Waals surface area (Å²) in [6.45, 7) is 9.55. The summed E-state index contributed by atoms with van der Waals surface area (Å²) in [5, 5.41) is 22.8. The Morgan fingerprint density at radius 1 is 0.980 bits per heavy atom. The number of carbonyl (C=O) groups is 4. The molecule has 12 nitrogen and oxygen atoms in total. The Labute approximate surface area is 288 Å². The smallest absolute Gasteiger partial charge is 0.485 e. The zero-order chi connectivity index (χ0) is 38.4. The Balaban J connectivity index is 0.000000908. The summed E-state index contributed by atoms with van der Waals surface area (Å²) in [6.07, 6.45) is -4.56. The zero-order valence-electron chi connectivity index (χ0n) is 28.4. The molecule has 2 aromatic carbocycles. The summed E-state index contributed by atoms with van der Waals surface area (Å²) < 4.78 is 67.5. The van der Waals surface area contributed by atoms with Crippen LogP contribution in [0.3, 0.4) is 0 Å². The molecule has 0 aliphatic rings. The van der Waals surface area contributed by atoms with Crippen LogP contribution in [0.25, 0.3) is 5.65 Å². The molecule has 0 aliphatic heterocycles. The van der Waals surface area contributed by atoms with Crippen LogP contribution in [0.1, 0.15) is 66.6 Å². The van der Waals surface area contributed by atoms with Crippen LogP contribution < -0.4 is 15.4 Å². The van der Waals surface area contributed by atoms with E-state index in [1.807, 2.05) is 0 Å². The molecule has 274 valence electrons. The van der Waals surface area contributed by atoms with Gasteiger partial charge in [0.2, 0.25) is 5.91 Å². The number of amides is 3. The molecule has 1 unspecified atom stereocenters. The van der Waals surface area contributed by atoms with Gasteiger partial charge < -0.3 is 30.5 Å². The average molecular weight is 722 g/mol. The number of fused-ring (bicyclic) bond motifs is 1. The molecule has 4 rings (SSSR count). The van der Waals surface area contributed by atoms with Gasteiger partial charge in [-0.25, -0.2) is 23.4 Å². The number of carbonyl (C=O) groups excluding carboxylic acids is 2. The van der Waals surface area contributed by atoms with Crippen LogP contribution in [0.5, 0.6) is 5.75 Å². The highest BCUT2D eigenvalue weighted by Crippen LogP contribution is 2.28. The third-order valence-electron chi connectivity index (χ3n) is 7.21. The Morgan fingerprint density at radius 3 is 2.10 bits per heavy atom. The molecule has 0 saturated carbocycles. The first-order valence-electron chi connectivity index (χ1n) is 15.1. The largest absolute Gasteiger partial charge is 0.490 e. The van der Waals surface area contributed by atoms with E-state index in [0.717, 1.165) is 12.1 Å². The Bertz CT molecular complexity index is 1920. The Kier molecular flexibility index (Phi) is 12.3. The van der Waals surface area contributed by atoms with E-state index in [9.17, 15) is 41.4 Å². The minimum absolute atomic E-state index is 0.0918. The zero-order valence-corrected chi connectivity index (χ0v) is 28.4. The number of rotatable bonds is 9. The number of aliphatic carboxylic acids is 1. The van der Waals surface area contributed by atoms with Crippen LogP contribution in [0.2, 0.25) is 0 Å². The first kappa shape index (κ1) is 39.7.